The number of rotatable bonds is 8. The van der Waals surface area contributed by atoms with Crippen molar-refractivity contribution >= 4 is 11.1 Å². The molecule has 0 unspecified atom stereocenters. The summed E-state index contributed by atoms with van der Waals surface area (Å²) in [5.41, 5.74) is 10.7. The van der Waals surface area contributed by atoms with Crippen molar-refractivity contribution in [2.24, 2.45) is 0 Å². The molecule has 0 radical (unpaired) electrons. The maximum Gasteiger partial charge on any atom is 0.164 e. The quantitative estimate of drug-likeness (QED) is 0.197. The van der Waals surface area contributed by atoms with Gasteiger partial charge in [0.25, 0.3) is 0 Å². The highest BCUT2D eigenvalue weighted by molar-refractivity contribution is 5.81. The first-order valence-electron chi connectivity index (χ1n) is 15.5. The van der Waals surface area contributed by atoms with Crippen LogP contribution < -0.4 is 0 Å². The fourth-order valence-corrected chi connectivity index (χ4v) is 6.01. The van der Waals surface area contributed by atoms with Crippen LogP contribution in [0.15, 0.2) is 139 Å². The molecule has 0 saturated carbocycles. The smallest absolute Gasteiger partial charge is 0.164 e. The predicted octanol–water partition coefficient (Wildman–Crippen LogP) is 10.5. The van der Waals surface area contributed by atoms with Crippen LogP contribution in [0.3, 0.4) is 0 Å². The van der Waals surface area contributed by atoms with Gasteiger partial charge >= 0.3 is 0 Å². The second-order valence-corrected chi connectivity index (χ2v) is 12.0. The molecular formula is C41H39N3. The largest absolute Gasteiger partial charge is 0.208 e. The minimum absolute atomic E-state index is 0.169. The van der Waals surface area contributed by atoms with Crippen molar-refractivity contribution in [2.45, 2.75) is 51.9 Å². The van der Waals surface area contributed by atoms with E-state index in [1.165, 1.54) is 33.4 Å². The zero-order valence-electron chi connectivity index (χ0n) is 25.9. The third kappa shape index (κ3) is 6.09. The summed E-state index contributed by atoms with van der Waals surface area (Å²) in [6.07, 6.45) is 19.2. The molecule has 0 bridgehead atoms. The van der Waals surface area contributed by atoms with Gasteiger partial charge < -0.3 is 0 Å². The zero-order chi connectivity index (χ0) is 30.5. The lowest BCUT2D eigenvalue weighted by Crippen LogP contribution is -2.18. The van der Waals surface area contributed by atoms with E-state index >= 15 is 0 Å². The number of hydrogen-bond donors (Lipinski definition) is 0. The van der Waals surface area contributed by atoms with Crippen LogP contribution in [0.2, 0.25) is 0 Å². The van der Waals surface area contributed by atoms with Crippen LogP contribution in [0, 0.1) is 0 Å². The fourth-order valence-electron chi connectivity index (χ4n) is 6.01. The molecule has 3 aromatic carbocycles. The molecule has 218 valence electrons. The van der Waals surface area contributed by atoms with Gasteiger partial charge in [0.05, 0.1) is 0 Å². The molecule has 44 heavy (non-hydrogen) atoms. The van der Waals surface area contributed by atoms with E-state index in [-0.39, 0.29) is 5.41 Å². The van der Waals surface area contributed by atoms with E-state index in [1.54, 1.807) is 0 Å². The number of hydrogen-bond acceptors (Lipinski definition) is 3. The summed E-state index contributed by atoms with van der Waals surface area (Å²) in [6.45, 7) is 10.6. The lowest BCUT2D eigenvalue weighted by molar-refractivity contribution is 0.641. The summed E-state index contributed by atoms with van der Waals surface area (Å²) in [6, 6.07) is 28.0. The van der Waals surface area contributed by atoms with E-state index in [0.717, 1.165) is 48.2 Å². The van der Waals surface area contributed by atoms with Crippen molar-refractivity contribution in [2.75, 3.05) is 0 Å². The highest BCUT2D eigenvalue weighted by Gasteiger charge is 2.24. The van der Waals surface area contributed by atoms with Crippen molar-refractivity contribution < 1.29 is 0 Å². The first kappa shape index (κ1) is 29.2. The topological polar surface area (TPSA) is 38.7 Å². The summed E-state index contributed by atoms with van der Waals surface area (Å²) in [5, 5.41) is 0. The Labute approximate surface area is 261 Å². The van der Waals surface area contributed by atoms with Gasteiger partial charge in [0.1, 0.15) is 0 Å². The van der Waals surface area contributed by atoms with Gasteiger partial charge in [-0.1, -0.05) is 142 Å². The van der Waals surface area contributed by atoms with Crippen LogP contribution in [0.25, 0.3) is 33.9 Å². The average molecular weight is 574 g/mol. The van der Waals surface area contributed by atoms with E-state index in [2.05, 4.69) is 106 Å². The Morgan fingerprint density at radius 1 is 0.682 bits per heavy atom. The third-order valence-electron chi connectivity index (χ3n) is 8.78. The molecule has 3 nitrogen and oxygen atoms in total. The highest BCUT2D eigenvalue weighted by Crippen LogP contribution is 2.36. The average Bonchev–Trinajstić information content (AvgIpc) is 3.08. The standard InChI is InChI=1S/C41H39N3/c1-5-6-14-30-19-13-20-37(29(30)2)31-21-25-35(26-22-31)41(3,4)36-27-23-34(24-28-36)40-43-38(32-15-9-7-10-16-32)42-39(44-40)33-17-11-8-12-18-33/h5-7,9-11,14-18,20-28H,1,8,12-13,19H2,2-4H3/b14-6-. The van der Waals surface area contributed by atoms with Crippen LogP contribution >= 0.6 is 0 Å². The molecule has 0 fully saturated rings. The first-order valence-corrected chi connectivity index (χ1v) is 15.5. The Kier molecular flexibility index (Phi) is 8.47. The second-order valence-electron chi connectivity index (χ2n) is 12.0. The summed E-state index contributed by atoms with van der Waals surface area (Å²) in [4.78, 5) is 14.7. The molecule has 0 aliphatic heterocycles. The first-order chi connectivity index (χ1) is 21.4. The molecule has 4 aromatic rings. The van der Waals surface area contributed by atoms with E-state index < -0.39 is 0 Å². The van der Waals surface area contributed by atoms with Gasteiger partial charge in [-0.2, -0.15) is 0 Å². The molecule has 1 heterocycles. The van der Waals surface area contributed by atoms with Gasteiger partial charge in [0.15, 0.2) is 17.5 Å². The Morgan fingerprint density at radius 2 is 1.30 bits per heavy atom. The molecule has 3 heteroatoms. The maximum atomic E-state index is 4.92. The highest BCUT2D eigenvalue weighted by atomic mass is 15.0. The Bertz CT molecular complexity index is 1810. The number of benzene rings is 3. The molecule has 0 saturated heterocycles. The van der Waals surface area contributed by atoms with Crippen LogP contribution in [0.5, 0.6) is 0 Å². The van der Waals surface area contributed by atoms with Crippen molar-refractivity contribution in [1.82, 2.24) is 15.0 Å². The molecule has 2 aliphatic carbocycles. The number of aromatic nitrogens is 3. The molecule has 0 amide bonds. The zero-order valence-corrected chi connectivity index (χ0v) is 25.9. The molecular weight excluding hydrogens is 534 g/mol. The molecule has 2 aliphatic rings. The van der Waals surface area contributed by atoms with Crippen molar-refractivity contribution in [3.63, 3.8) is 0 Å². The number of allylic oxidation sites excluding steroid dienone is 11. The SMILES string of the molecule is C=C/C=C\C1=C(C)C(c2ccc(C(C)(C)c3ccc(-c4nc(C5=CCCC=C5)nc(-c5ccccc5)n4)cc3)cc2)=CCC1. The molecule has 0 spiro atoms. The van der Waals surface area contributed by atoms with Crippen LogP contribution in [0.1, 0.15) is 69.0 Å². The summed E-state index contributed by atoms with van der Waals surface area (Å²) in [7, 11) is 0. The van der Waals surface area contributed by atoms with E-state index in [1.807, 2.05) is 42.5 Å². The summed E-state index contributed by atoms with van der Waals surface area (Å²) >= 11 is 0. The van der Waals surface area contributed by atoms with Gasteiger partial charge in [-0.05, 0) is 66.0 Å². The van der Waals surface area contributed by atoms with Gasteiger partial charge in [0, 0.05) is 22.1 Å². The van der Waals surface area contributed by atoms with Gasteiger partial charge in [-0.3, -0.25) is 0 Å². The summed E-state index contributed by atoms with van der Waals surface area (Å²) in [5.74, 6) is 2.10. The normalized spacial score (nSPS) is 15.3. The maximum absolute atomic E-state index is 4.92. The van der Waals surface area contributed by atoms with Crippen LogP contribution in [0.4, 0.5) is 0 Å². The van der Waals surface area contributed by atoms with Crippen molar-refractivity contribution in [3.05, 3.63) is 162 Å². The second kappa shape index (κ2) is 12.8. The fraction of sp³-hybridized carbons (Fsp3) is 0.195. The van der Waals surface area contributed by atoms with Gasteiger partial charge in [0.2, 0.25) is 0 Å². The van der Waals surface area contributed by atoms with E-state index in [4.69, 9.17) is 15.0 Å². The third-order valence-corrected chi connectivity index (χ3v) is 8.78. The molecule has 0 atom stereocenters. The Morgan fingerprint density at radius 3 is 1.91 bits per heavy atom. The summed E-state index contributed by atoms with van der Waals surface area (Å²) < 4.78 is 0. The van der Waals surface area contributed by atoms with E-state index in [0.29, 0.717) is 11.6 Å². The molecule has 6 rings (SSSR count). The lowest BCUT2D eigenvalue weighted by Gasteiger charge is -2.27. The predicted molar refractivity (Wildman–Crippen MR) is 185 cm³/mol. The molecule has 0 N–H and O–H groups in total. The minimum Gasteiger partial charge on any atom is -0.208 e. The monoisotopic (exact) mass is 573 g/mol. The van der Waals surface area contributed by atoms with Crippen molar-refractivity contribution in [3.8, 4) is 22.8 Å². The minimum atomic E-state index is -0.169. The lowest BCUT2D eigenvalue weighted by atomic mass is 9.77. The van der Waals surface area contributed by atoms with Crippen LogP contribution in [-0.4, -0.2) is 15.0 Å². The van der Waals surface area contributed by atoms with E-state index in [9.17, 15) is 0 Å². The van der Waals surface area contributed by atoms with Crippen molar-refractivity contribution in [1.29, 1.82) is 0 Å². The van der Waals surface area contributed by atoms with Crippen LogP contribution in [-0.2, 0) is 5.41 Å². The Hall–Kier alpha value is -4.89. The number of nitrogens with zero attached hydrogens (tertiary/aromatic N) is 3. The van der Waals surface area contributed by atoms with Gasteiger partial charge in [-0.25, -0.2) is 15.0 Å². The Balaban J connectivity index is 1.28. The van der Waals surface area contributed by atoms with Gasteiger partial charge in [-0.15, -0.1) is 0 Å². The molecule has 1 aromatic heterocycles.